The topological polar surface area (TPSA) is 71.1 Å². The number of carbonyl (C=O) groups is 2. The zero-order valence-corrected chi connectivity index (χ0v) is 14.4. The number of nitrogens with zero attached hydrogens (tertiary/aromatic N) is 2. The number of nitrogens with one attached hydrogen (secondary N) is 1. The van der Waals surface area contributed by atoms with Crippen LogP contribution in [-0.4, -0.2) is 74.7 Å². The van der Waals surface area contributed by atoms with E-state index < -0.39 is 0 Å². The first-order valence-corrected chi connectivity index (χ1v) is 8.02. The average molecular weight is 335 g/mol. The van der Waals surface area contributed by atoms with Crippen molar-refractivity contribution in [3.63, 3.8) is 0 Å². The van der Waals surface area contributed by atoms with Crippen LogP contribution in [-0.2, 0) is 14.3 Å². The maximum absolute atomic E-state index is 12.4. The summed E-state index contributed by atoms with van der Waals surface area (Å²) in [6.45, 7) is 4.29. The van der Waals surface area contributed by atoms with E-state index in [1.165, 1.54) is 0 Å². The lowest BCUT2D eigenvalue weighted by atomic mass is 10.2. The van der Waals surface area contributed by atoms with Gasteiger partial charge in [0.25, 0.3) is 0 Å². The number of benzene rings is 1. The molecule has 1 aliphatic heterocycles. The molecule has 2 amide bonds. The van der Waals surface area contributed by atoms with E-state index in [4.69, 9.17) is 9.47 Å². The van der Waals surface area contributed by atoms with Crippen molar-refractivity contribution in [3.05, 3.63) is 24.3 Å². The number of hydrogen-bond donors (Lipinski definition) is 1. The Morgan fingerprint density at radius 2 is 2.08 bits per heavy atom. The van der Waals surface area contributed by atoms with Crippen LogP contribution in [0.3, 0.4) is 0 Å². The number of rotatable bonds is 6. The second kappa shape index (κ2) is 8.65. The number of likely N-dealkylation sites (N-methyl/N-ethyl adjacent to an activating group) is 1. The van der Waals surface area contributed by atoms with E-state index in [0.717, 1.165) is 0 Å². The second-order valence-corrected chi connectivity index (χ2v) is 5.81. The van der Waals surface area contributed by atoms with Crippen LogP contribution >= 0.6 is 0 Å². The van der Waals surface area contributed by atoms with Gasteiger partial charge in [0.15, 0.2) is 0 Å². The van der Waals surface area contributed by atoms with Crippen molar-refractivity contribution in [3.8, 4) is 5.75 Å². The molecule has 7 heteroatoms. The molecule has 1 aromatic carbocycles. The zero-order chi connectivity index (χ0) is 17.5. The molecule has 132 valence electrons. The molecule has 1 N–H and O–H groups in total. The van der Waals surface area contributed by atoms with Gasteiger partial charge in [0.2, 0.25) is 11.8 Å². The lowest BCUT2D eigenvalue weighted by Gasteiger charge is -2.32. The minimum atomic E-state index is -0.362. The highest BCUT2D eigenvalue weighted by Crippen LogP contribution is 2.16. The summed E-state index contributed by atoms with van der Waals surface area (Å²) in [5.74, 6) is 0.527. The van der Waals surface area contributed by atoms with Gasteiger partial charge in [-0.15, -0.1) is 0 Å². The van der Waals surface area contributed by atoms with Crippen molar-refractivity contribution in [2.24, 2.45) is 0 Å². The van der Waals surface area contributed by atoms with E-state index in [-0.39, 0.29) is 24.4 Å². The molecule has 1 aromatic rings. The molecule has 0 spiro atoms. The van der Waals surface area contributed by atoms with Crippen LogP contribution in [0, 0.1) is 0 Å². The van der Waals surface area contributed by atoms with Gasteiger partial charge in [-0.25, -0.2) is 0 Å². The summed E-state index contributed by atoms with van der Waals surface area (Å²) < 4.78 is 10.4. The average Bonchev–Trinajstić information content (AvgIpc) is 2.61. The molecule has 1 unspecified atom stereocenters. The SMILES string of the molecule is COc1cccc(NC(=O)CN(C)C(C)C(=O)N2CCOCC2)c1. The molecule has 1 aliphatic rings. The van der Waals surface area contributed by atoms with Crippen molar-refractivity contribution < 1.29 is 19.1 Å². The van der Waals surface area contributed by atoms with E-state index >= 15 is 0 Å². The van der Waals surface area contributed by atoms with Gasteiger partial charge in [0.1, 0.15) is 5.75 Å². The number of ether oxygens (including phenoxy) is 2. The van der Waals surface area contributed by atoms with E-state index in [1.54, 1.807) is 36.1 Å². The van der Waals surface area contributed by atoms with Crippen LogP contribution in [0.2, 0.25) is 0 Å². The van der Waals surface area contributed by atoms with Crippen LogP contribution in [0.1, 0.15) is 6.92 Å². The Labute approximate surface area is 142 Å². The van der Waals surface area contributed by atoms with Gasteiger partial charge in [-0.3, -0.25) is 14.5 Å². The van der Waals surface area contributed by atoms with Crippen LogP contribution in [0.5, 0.6) is 5.75 Å². The molecule has 1 atom stereocenters. The molecule has 1 heterocycles. The molecule has 2 rings (SSSR count). The molecule has 0 saturated carbocycles. The molecule has 0 aliphatic carbocycles. The van der Waals surface area contributed by atoms with E-state index in [1.807, 2.05) is 19.1 Å². The third-order valence-electron chi connectivity index (χ3n) is 4.09. The van der Waals surface area contributed by atoms with Gasteiger partial charge in [0, 0.05) is 24.8 Å². The van der Waals surface area contributed by atoms with Crippen LogP contribution < -0.4 is 10.1 Å². The first-order chi connectivity index (χ1) is 11.5. The summed E-state index contributed by atoms with van der Waals surface area (Å²) >= 11 is 0. The van der Waals surface area contributed by atoms with Crippen molar-refractivity contribution in [2.75, 3.05) is 52.3 Å². The Bertz CT molecular complexity index is 573. The van der Waals surface area contributed by atoms with Gasteiger partial charge in [-0.2, -0.15) is 0 Å². The highest BCUT2D eigenvalue weighted by molar-refractivity contribution is 5.93. The minimum absolute atomic E-state index is 0.0231. The Balaban J connectivity index is 1.86. The molecule has 24 heavy (non-hydrogen) atoms. The van der Waals surface area contributed by atoms with Gasteiger partial charge >= 0.3 is 0 Å². The van der Waals surface area contributed by atoms with Gasteiger partial charge in [-0.1, -0.05) is 6.07 Å². The summed E-state index contributed by atoms with van der Waals surface area (Å²) in [5.41, 5.74) is 0.667. The number of hydrogen-bond acceptors (Lipinski definition) is 5. The molecule has 0 aromatic heterocycles. The Kier molecular flexibility index (Phi) is 6.57. The first-order valence-electron chi connectivity index (χ1n) is 8.02. The fourth-order valence-electron chi connectivity index (χ4n) is 2.50. The van der Waals surface area contributed by atoms with Crippen LogP contribution in [0.4, 0.5) is 5.69 Å². The Hall–Kier alpha value is -2.12. The predicted octanol–water partition coefficient (Wildman–Crippen LogP) is 0.813. The second-order valence-electron chi connectivity index (χ2n) is 5.81. The largest absolute Gasteiger partial charge is 0.497 e. The van der Waals surface area contributed by atoms with Crippen molar-refractivity contribution >= 4 is 17.5 Å². The highest BCUT2D eigenvalue weighted by Gasteiger charge is 2.26. The van der Waals surface area contributed by atoms with E-state index in [2.05, 4.69) is 5.32 Å². The smallest absolute Gasteiger partial charge is 0.239 e. The standard InChI is InChI=1S/C17H25N3O4/c1-13(17(22)20-7-9-24-10-8-20)19(2)12-16(21)18-14-5-4-6-15(11-14)23-3/h4-6,11,13H,7-10,12H2,1-3H3,(H,18,21). The van der Waals surface area contributed by atoms with Crippen molar-refractivity contribution in [1.82, 2.24) is 9.80 Å². The fraction of sp³-hybridized carbons (Fsp3) is 0.529. The predicted molar refractivity (Wildman–Crippen MR) is 91.1 cm³/mol. The molecule has 7 nitrogen and oxygen atoms in total. The third-order valence-corrected chi connectivity index (χ3v) is 4.09. The quantitative estimate of drug-likeness (QED) is 0.833. The molecular formula is C17H25N3O4. The zero-order valence-electron chi connectivity index (χ0n) is 14.4. The van der Waals surface area contributed by atoms with E-state index in [0.29, 0.717) is 37.7 Å². The lowest BCUT2D eigenvalue weighted by molar-refractivity contribution is -0.140. The normalized spacial score (nSPS) is 15.9. The maximum atomic E-state index is 12.4. The molecule has 1 fully saturated rings. The van der Waals surface area contributed by atoms with E-state index in [9.17, 15) is 9.59 Å². The fourth-order valence-corrected chi connectivity index (χ4v) is 2.50. The highest BCUT2D eigenvalue weighted by atomic mass is 16.5. The first kappa shape index (κ1) is 18.2. The third kappa shape index (κ3) is 4.94. The van der Waals surface area contributed by atoms with Gasteiger partial charge < -0.3 is 19.7 Å². The number of amides is 2. The van der Waals surface area contributed by atoms with Crippen molar-refractivity contribution in [1.29, 1.82) is 0 Å². The summed E-state index contributed by atoms with van der Waals surface area (Å²) in [6, 6.07) is 6.80. The number of methoxy groups -OCH3 is 1. The number of carbonyl (C=O) groups excluding carboxylic acids is 2. The lowest BCUT2D eigenvalue weighted by Crippen LogP contribution is -2.50. The molecular weight excluding hydrogens is 310 g/mol. The number of morpholine rings is 1. The molecule has 1 saturated heterocycles. The molecule has 0 bridgehead atoms. The Morgan fingerprint density at radius 3 is 2.75 bits per heavy atom. The maximum Gasteiger partial charge on any atom is 0.239 e. The van der Waals surface area contributed by atoms with Crippen molar-refractivity contribution in [2.45, 2.75) is 13.0 Å². The monoisotopic (exact) mass is 335 g/mol. The minimum Gasteiger partial charge on any atom is -0.497 e. The number of anilines is 1. The summed E-state index contributed by atoms with van der Waals surface area (Å²) in [4.78, 5) is 28.2. The van der Waals surface area contributed by atoms with Gasteiger partial charge in [0.05, 0.1) is 32.9 Å². The Morgan fingerprint density at radius 1 is 1.38 bits per heavy atom. The van der Waals surface area contributed by atoms with Crippen LogP contribution in [0.15, 0.2) is 24.3 Å². The summed E-state index contributed by atoms with van der Waals surface area (Å²) in [7, 11) is 3.35. The van der Waals surface area contributed by atoms with Crippen LogP contribution in [0.25, 0.3) is 0 Å². The van der Waals surface area contributed by atoms with Gasteiger partial charge in [-0.05, 0) is 26.1 Å². The summed E-state index contributed by atoms with van der Waals surface area (Å²) in [6.07, 6.45) is 0. The summed E-state index contributed by atoms with van der Waals surface area (Å²) in [5, 5.41) is 2.82. The molecule has 0 radical (unpaired) electrons.